The Kier molecular flexibility index (Phi) is 4.43. The van der Waals surface area contributed by atoms with Crippen LogP contribution < -0.4 is 16.4 Å². The van der Waals surface area contributed by atoms with E-state index in [-0.39, 0.29) is 0 Å². The zero-order valence-electron chi connectivity index (χ0n) is 12.9. The van der Waals surface area contributed by atoms with E-state index in [1.807, 2.05) is 55.5 Å². The zero-order valence-corrected chi connectivity index (χ0v) is 13.8. The minimum Gasteiger partial charge on any atom is -0.370 e. The van der Waals surface area contributed by atoms with Crippen LogP contribution in [0.2, 0.25) is 0 Å². The summed E-state index contributed by atoms with van der Waals surface area (Å²) in [6, 6.07) is 13.2. The van der Waals surface area contributed by atoms with Gasteiger partial charge in [0.15, 0.2) is 0 Å². The van der Waals surface area contributed by atoms with Crippen LogP contribution in [0.5, 0.6) is 0 Å². The lowest BCUT2D eigenvalue weighted by Crippen LogP contribution is -2.40. The van der Waals surface area contributed by atoms with Crippen molar-refractivity contribution in [1.82, 2.24) is 10.3 Å². The van der Waals surface area contributed by atoms with Gasteiger partial charge in [-0.3, -0.25) is 10.1 Å². The molecule has 0 fully saturated rings. The van der Waals surface area contributed by atoms with Crippen LogP contribution in [0.3, 0.4) is 0 Å². The van der Waals surface area contributed by atoms with Crippen molar-refractivity contribution in [3.8, 4) is 0 Å². The van der Waals surface area contributed by atoms with E-state index in [4.69, 9.17) is 5.73 Å². The second kappa shape index (κ2) is 6.67. The molecule has 1 heterocycles. The van der Waals surface area contributed by atoms with Crippen molar-refractivity contribution < 1.29 is 9.59 Å². The molecule has 0 aliphatic rings. The minimum absolute atomic E-state index is 0.505. The molecule has 0 spiro atoms. The third kappa shape index (κ3) is 3.52. The SMILES string of the molecule is Cc1nc2ccc(NC(C(=O)NC(N)=O)c3ccccc3)cc2s1. The van der Waals surface area contributed by atoms with Crippen molar-refractivity contribution in [3.05, 3.63) is 59.1 Å². The Labute approximate surface area is 142 Å². The molecule has 0 aliphatic carbocycles. The Morgan fingerprint density at radius 2 is 1.92 bits per heavy atom. The first-order chi connectivity index (χ1) is 11.5. The van der Waals surface area contributed by atoms with Crippen LogP contribution in [-0.4, -0.2) is 16.9 Å². The van der Waals surface area contributed by atoms with Gasteiger partial charge in [0.2, 0.25) is 0 Å². The van der Waals surface area contributed by atoms with Crippen LogP contribution in [-0.2, 0) is 4.79 Å². The van der Waals surface area contributed by atoms with Gasteiger partial charge >= 0.3 is 6.03 Å². The van der Waals surface area contributed by atoms with E-state index in [1.54, 1.807) is 11.3 Å². The number of carbonyl (C=O) groups excluding carboxylic acids is 2. The highest BCUT2D eigenvalue weighted by Gasteiger charge is 2.21. The molecule has 2 aromatic carbocycles. The van der Waals surface area contributed by atoms with Gasteiger partial charge in [0.05, 0.1) is 15.2 Å². The molecule has 0 bridgehead atoms. The van der Waals surface area contributed by atoms with Gasteiger partial charge in [-0.2, -0.15) is 0 Å². The smallest absolute Gasteiger partial charge is 0.318 e. The lowest BCUT2D eigenvalue weighted by Gasteiger charge is -2.19. The number of imide groups is 1. The Morgan fingerprint density at radius 3 is 2.62 bits per heavy atom. The number of benzene rings is 2. The molecule has 0 saturated carbocycles. The van der Waals surface area contributed by atoms with E-state index in [9.17, 15) is 9.59 Å². The Bertz CT molecular complexity index is 892. The standard InChI is InChI=1S/C17H16N4O2S/c1-10-19-13-8-7-12(9-14(13)24-10)20-15(16(22)21-17(18)23)11-5-3-2-4-6-11/h2-9,15,20H,1H3,(H3,18,21,22,23). The normalized spacial score (nSPS) is 11.9. The molecular formula is C17H16N4O2S. The average Bonchev–Trinajstić information content (AvgIpc) is 2.92. The summed E-state index contributed by atoms with van der Waals surface area (Å²) >= 11 is 1.58. The largest absolute Gasteiger partial charge is 0.370 e. The number of urea groups is 1. The molecule has 122 valence electrons. The predicted octanol–water partition coefficient (Wildman–Crippen LogP) is 2.95. The second-order valence-corrected chi connectivity index (χ2v) is 6.49. The van der Waals surface area contributed by atoms with Gasteiger partial charge in [0.25, 0.3) is 5.91 Å². The van der Waals surface area contributed by atoms with Crippen molar-refractivity contribution in [2.45, 2.75) is 13.0 Å². The number of aryl methyl sites for hydroxylation is 1. The number of fused-ring (bicyclic) bond motifs is 1. The second-order valence-electron chi connectivity index (χ2n) is 5.26. The number of primary amides is 1. The van der Waals surface area contributed by atoms with Gasteiger partial charge in [0, 0.05) is 5.69 Å². The summed E-state index contributed by atoms with van der Waals surface area (Å²) in [4.78, 5) is 27.8. The molecule has 1 unspecified atom stereocenters. The fourth-order valence-corrected chi connectivity index (χ4v) is 3.30. The topological polar surface area (TPSA) is 97.1 Å². The lowest BCUT2D eigenvalue weighted by atomic mass is 10.1. The quantitative estimate of drug-likeness (QED) is 0.680. The molecule has 6 nitrogen and oxygen atoms in total. The number of hydrogen-bond donors (Lipinski definition) is 3. The van der Waals surface area contributed by atoms with Crippen molar-refractivity contribution in [2.75, 3.05) is 5.32 Å². The molecule has 1 aromatic heterocycles. The monoisotopic (exact) mass is 340 g/mol. The first kappa shape index (κ1) is 15.9. The van der Waals surface area contributed by atoms with Crippen LogP contribution in [0.25, 0.3) is 10.2 Å². The number of nitrogens with two attached hydrogens (primary N) is 1. The third-order valence-corrected chi connectivity index (χ3v) is 4.38. The van der Waals surface area contributed by atoms with Gasteiger partial charge in [-0.15, -0.1) is 11.3 Å². The molecule has 3 amide bonds. The number of thiazole rings is 1. The maximum absolute atomic E-state index is 12.3. The van der Waals surface area contributed by atoms with Gasteiger partial charge in [-0.05, 0) is 30.7 Å². The van der Waals surface area contributed by atoms with Crippen LogP contribution in [0.4, 0.5) is 10.5 Å². The van der Waals surface area contributed by atoms with E-state index >= 15 is 0 Å². The summed E-state index contributed by atoms with van der Waals surface area (Å²) < 4.78 is 1.03. The van der Waals surface area contributed by atoms with E-state index in [2.05, 4.69) is 15.6 Å². The maximum atomic E-state index is 12.3. The Balaban J connectivity index is 1.92. The predicted molar refractivity (Wildman–Crippen MR) is 94.9 cm³/mol. The summed E-state index contributed by atoms with van der Waals surface area (Å²) in [5.74, 6) is -0.505. The van der Waals surface area contributed by atoms with Crippen molar-refractivity contribution >= 4 is 39.2 Å². The van der Waals surface area contributed by atoms with E-state index < -0.39 is 18.0 Å². The van der Waals surface area contributed by atoms with E-state index in [1.165, 1.54) is 0 Å². The highest BCUT2D eigenvalue weighted by Crippen LogP contribution is 2.27. The minimum atomic E-state index is -0.878. The fraction of sp³-hybridized carbons (Fsp3) is 0.118. The number of aromatic nitrogens is 1. The molecule has 4 N–H and O–H groups in total. The van der Waals surface area contributed by atoms with Gasteiger partial charge in [-0.1, -0.05) is 30.3 Å². The Hall–Kier alpha value is -2.93. The fourth-order valence-electron chi connectivity index (χ4n) is 2.44. The summed E-state index contributed by atoms with van der Waals surface area (Å²) in [5.41, 5.74) is 7.49. The summed E-state index contributed by atoms with van der Waals surface area (Å²) in [7, 11) is 0. The van der Waals surface area contributed by atoms with Crippen LogP contribution >= 0.6 is 11.3 Å². The van der Waals surface area contributed by atoms with Gasteiger partial charge in [0.1, 0.15) is 6.04 Å². The summed E-state index contributed by atoms with van der Waals surface area (Å²) in [5, 5.41) is 6.27. The molecular weight excluding hydrogens is 324 g/mol. The molecule has 3 rings (SSSR count). The van der Waals surface area contributed by atoms with E-state index in [0.29, 0.717) is 0 Å². The number of nitrogens with one attached hydrogen (secondary N) is 2. The molecule has 24 heavy (non-hydrogen) atoms. The number of anilines is 1. The first-order valence-corrected chi connectivity index (χ1v) is 8.13. The Morgan fingerprint density at radius 1 is 1.17 bits per heavy atom. The molecule has 0 radical (unpaired) electrons. The summed E-state index contributed by atoms with van der Waals surface area (Å²) in [6.45, 7) is 1.95. The first-order valence-electron chi connectivity index (χ1n) is 7.32. The van der Waals surface area contributed by atoms with E-state index in [0.717, 1.165) is 26.5 Å². The average molecular weight is 340 g/mol. The number of carbonyl (C=O) groups is 2. The van der Waals surface area contributed by atoms with Crippen molar-refractivity contribution in [3.63, 3.8) is 0 Å². The van der Waals surface area contributed by atoms with Gasteiger partial charge in [-0.25, -0.2) is 9.78 Å². The number of rotatable bonds is 4. The molecule has 3 aromatic rings. The molecule has 0 aliphatic heterocycles. The van der Waals surface area contributed by atoms with Crippen LogP contribution in [0.15, 0.2) is 48.5 Å². The zero-order chi connectivity index (χ0) is 17.1. The highest BCUT2D eigenvalue weighted by molar-refractivity contribution is 7.18. The van der Waals surface area contributed by atoms with Crippen LogP contribution in [0, 0.1) is 6.92 Å². The van der Waals surface area contributed by atoms with Crippen molar-refractivity contribution in [2.24, 2.45) is 5.73 Å². The molecule has 0 saturated heterocycles. The number of nitrogens with zero attached hydrogens (tertiary/aromatic N) is 1. The highest BCUT2D eigenvalue weighted by atomic mass is 32.1. The van der Waals surface area contributed by atoms with Crippen molar-refractivity contribution in [1.29, 1.82) is 0 Å². The molecule has 7 heteroatoms. The molecule has 1 atom stereocenters. The third-order valence-electron chi connectivity index (χ3n) is 3.45. The number of hydrogen-bond acceptors (Lipinski definition) is 5. The number of amides is 3. The maximum Gasteiger partial charge on any atom is 0.318 e. The summed E-state index contributed by atoms with van der Waals surface area (Å²) in [6.07, 6.45) is 0. The van der Waals surface area contributed by atoms with Gasteiger partial charge < -0.3 is 11.1 Å². The lowest BCUT2D eigenvalue weighted by molar-refractivity contribution is -0.120. The van der Waals surface area contributed by atoms with Crippen LogP contribution in [0.1, 0.15) is 16.6 Å².